The maximum absolute atomic E-state index is 11.8. The molecule has 0 atom stereocenters. The van der Waals surface area contributed by atoms with Gasteiger partial charge in [-0.3, -0.25) is 9.69 Å². The third kappa shape index (κ3) is 4.40. The summed E-state index contributed by atoms with van der Waals surface area (Å²) in [6.45, 7) is 9.98. The Morgan fingerprint density at radius 2 is 1.68 bits per heavy atom. The number of rotatable bonds is 3. The van der Waals surface area contributed by atoms with Crippen LogP contribution in [0.2, 0.25) is 0 Å². The van der Waals surface area contributed by atoms with E-state index in [0.29, 0.717) is 5.92 Å². The summed E-state index contributed by atoms with van der Waals surface area (Å²) in [6.07, 6.45) is 4.15. The molecule has 3 heteroatoms. The van der Waals surface area contributed by atoms with E-state index in [1.807, 2.05) is 12.3 Å². The van der Waals surface area contributed by atoms with E-state index in [0.717, 1.165) is 32.5 Å². The molecule has 0 amide bonds. The van der Waals surface area contributed by atoms with Crippen LogP contribution in [0.1, 0.15) is 56.2 Å². The van der Waals surface area contributed by atoms with Gasteiger partial charge in [0.15, 0.2) is 0 Å². The molecule has 1 aromatic carbocycles. The zero-order valence-corrected chi connectivity index (χ0v) is 16.0. The van der Waals surface area contributed by atoms with E-state index < -0.39 is 0 Å². The number of hydrogen-bond acceptors (Lipinski definition) is 2. The lowest BCUT2D eigenvalue weighted by molar-refractivity contribution is 0.204. The van der Waals surface area contributed by atoms with Crippen LogP contribution >= 0.6 is 0 Å². The number of aryl methyl sites for hydroxylation is 1. The molecule has 3 rings (SSSR count). The molecule has 1 aliphatic heterocycles. The minimum atomic E-state index is 0.0962. The Balaban J connectivity index is 1.57. The standard InChI is InChI=1S/C22H30N2O/c1-22(2,3)20-7-5-17(6-8-20)16-24-13-10-18(11-14-24)19-9-12-23(4)21(25)15-19/h5-9,12,15,18H,10-11,13-14,16H2,1-4H3. The Bertz CT molecular complexity index is 760. The predicted octanol–water partition coefficient (Wildman–Crippen LogP) is 4.06. The number of pyridine rings is 1. The first kappa shape index (κ1) is 17.9. The average Bonchev–Trinajstić information content (AvgIpc) is 2.58. The van der Waals surface area contributed by atoms with Crippen molar-refractivity contribution in [1.82, 2.24) is 9.47 Å². The van der Waals surface area contributed by atoms with Crippen molar-refractivity contribution in [1.29, 1.82) is 0 Å². The number of aromatic nitrogens is 1. The van der Waals surface area contributed by atoms with Crippen LogP contribution in [0.3, 0.4) is 0 Å². The van der Waals surface area contributed by atoms with Gasteiger partial charge in [0.2, 0.25) is 0 Å². The second-order valence-electron chi connectivity index (χ2n) is 8.41. The molecule has 2 aromatic rings. The van der Waals surface area contributed by atoms with Crippen LogP contribution in [0.4, 0.5) is 0 Å². The third-order valence-corrected chi connectivity index (χ3v) is 5.41. The van der Waals surface area contributed by atoms with Crippen LogP contribution in [-0.2, 0) is 19.0 Å². The van der Waals surface area contributed by atoms with Gasteiger partial charge >= 0.3 is 0 Å². The molecule has 25 heavy (non-hydrogen) atoms. The highest BCUT2D eigenvalue weighted by Gasteiger charge is 2.21. The SMILES string of the molecule is Cn1ccc(C2CCN(Cc3ccc(C(C)(C)C)cc3)CC2)cc1=O. The molecule has 0 bridgehead atoms. The fraction of sp³-hybridized carbons (Fsp3) is 0.500. The van der Waals surface area contributed by atoms with E-state index in [-0.39, 0.29) is 11.0 Å². The summed E-state index contributed by atoms with van der Waals surface area (Å²) >= 11 is 0. The van der Waals surface area contributed by atoms with Crippen LogP contribution < -0.4 is 5.56 Å². The van der Waals surface area contributed by atoms with E-state index in [2.05, 4.69) is 56.0 Å². The molecular weight excluding hydrogens is 308 g/mol. The van der Waals surface area contributed by atoms with Crippen molar-refractivity contribution in [2.24, 2.45) is 7.05 Å². The Hall–Kier alpha value is -1.87. The molecule has 2 heterocycles. The highest BCUT2D eigenvalue weighted by Crippen LogP contribution is 2.28. The van der Waals surface area contributed by atoms with Gasteiger partial charge in [0, 0.05) is 25.9 Å². The van der Waals surface area contributed by atoms with Crippen molar-refractivity contribution in [3.8, 4) is 0 Å². The smallest absolute Gasteiger partial charge is 0.250 e. The summed E-state index contributed by atoms with van der Waals surface area (Å²) in [7, 11) is 1.81. The quantitative estimate of drug-likeness (QED) is 0.843. The van der Waals surface area contributed by atoms with Gasteiger partial charge in [0.25, 0.3) is 5.56 Å². The highest BCUT2D eigenvalue weighted by atomic mass is 16.1. The zero-order chi connectivity index (χ0) is 18.0. The topological polar surface area (TPSA) is 25.2 Å². The van der Waals surface area contributed by atoms with Gasteiger partial charge in [-0.2, -0.15) is 0 Å². The molecule has 1 fully saturated rings. The number of nitrogens with zero attached hydrogens (tertiary/aromatic N) is 2. The fourth-order valence-corrected chi connectivity index (χ4v) is 3.61. The average molecular weight is 338 g/mol. The van der Waals surface area contributed by atoms with Crippen molar-refractivity contribution in [2.45, 2.75) is 51.5 Å². The lowest BCUT2D eigenvalue weighted by Gasteiger charge is -2.32. The maximum atomic E-state index is 11.8. The molecule has 3 nitrogen and oxygen atoms in total. The van der Waals surface area contributed by atoms with Gasteiger partial charge in [-0.15, -0.1) is 0 Å². The van der Waals surface area contributed by atoms with E-state index in [9.17, 15) is 4.79 Å². The van der Waals surface area contributed by atoms with E-state index in [4.69, 9.17) is 0 Å². The van der Waals surface area contributed by atoms with Gasteiger partial charge in [-0.1, -0.05) is 45.0 Å². The lowest BCUT2D eigenvalue weighted by Crippen LogP contribution is -2.32. The van der Waals surface area contributed by atoms with Crippen LogP contribution in [0.15, 0.2) is 47.4 Å². The Morgan fingerprint density at radius 3 is 2.24 bits per heavy atom. The van der Waals surface area contributed by atoms with Crippen molar-refractivity contribution in [3.05, 3.63) is 69.6 Å². The molecule has 1 aromatic heterocycles. The maximum Gasteiger partial charge on any atom is 0.250 e. The fourth-order valence-electron chi connectivity index (χ4n) is 3.61. The van der Waals surface area contributed by atoms with Crippen LogP contribution in [0.5, 0.6) is 0 Å². The van der Waals surface area contributed by atoms with Crippen molar-refractivity contribution < 1.29 is 0 Å². The summed E-state index contributed by atoms with van der Waals surface area (Å²) < 4.78 is 1.64. The zero-order valence-electron chi connectivity index (χ0n) is 16.0. The summed E-state index contributed by atoms with van der Waals surface area (Å²) in [5.74, 6) is 0.522. The van der Waals surface area contributed by atoms with E-state index in [1.54, 1.807) is 11.6 Å². The molecular formula is C22H30N2O. The van der Waals surface area contributed by atoms with E-state index >= 15 is 0 Å². The lowest BCUT2D eigenvalue weighted by atomic mass is 9.86. The normalized spacial score (nSPS) is 17.0. The molecule has 134 valence electrons. The van der Waals surface area contributed by atoms with Crippen molar-refractivity contribution >= 4 is 0 Å². The van der Waals surface area contributed by atoms with Crippen LogP contribution in [0.25, 0.3) is 0 Å². The first-order valence-corrected chi connectivity index (χ1v) is 9.31. The molecule has 1 saturated heterocycles. The highest BCUT2D eigenvalue weighted by molar-refractivity contribution is 5.27. The molecule has 0 spiro atoms. The predicted molar refractivity (Wildman–Crippen MR) is 104 cm³/mol. The minimum absolute atomic E-state index is 0.0962. The summed E-state index contributed by atoms with van der Waals surface area (Å²) in [6, 6.07) is 13.0. The second-order valence-corrected chi connectivity index (χ2v) is 8.41. The van der Waals surface area contributed by atoms with Crippen molar-refractivity contribution in [2.75, 3.05) is 13.1 Å². The first-order chi connectivity index (χ1) is 11.8. The van der Waals surface area contributed by atoms with Crippen LogP contribution in [0, 0.1) is 0 Å². The van der Waals surface area contributed by atoms with E-state index in [1.165, 1.54) is 16.7 Å². The van der Waals surface area contributed by atoms with Gasteiger partial charge in [-0.25, -0.2) is 0 Å². The van der Waals surface area contributed by atoms with Crippen molar-refractivity contribution in [3.63, 3.8) is 0 Å². The Morgan fingerprint density at radius 1 is 1.04 bits per heavy atom. The number of piperidine rings is 1. The Labute approximate surface area is 151 Å². The van der Waals surface area contributed by atoms with Gasteiger partial charge in [-0.05, 0) is 60.0 Å². The number of likely N-dealkylation sites (tertiary alicyclic amines) is 1. The summed E-state index contributed by atoms with van der Waals surface area (Å²) in [4.78, 5) is 14.4. The monoisotopic (exact) mass is 338 g/mol. The second kappa shape index (κ2) is 7.17. The number of hydrogen-bond donors (Lipinski definition) is 0. The first-order valence-electron chi connectivity index (χ1n) is 9.31. The molecule has 0 saturated carbocycles. The minimum Gasteiger partial charge on any atom is -0.319 e. The summed E-state index contributed by atoms with van der Waals surface area (Å²) in [5.41, 5.74) is 4.29. The largest absolute Gasteiger partial charge is 0.319 e. The molecule has 0 aliphatic carbocycles. The molecule has 0 N–H and O–H groups in total. The van der Waals surface area contributed by atoms with Gasteiger partial charge in [0.05, 0.1) is 0 Å². The van der Waals surface area contributed by atoms with Gasteiger partial charge < -0.3 is 4.57 Å². The molecule has 0 unspecified atom stereocenters. The third-order valence-electron chi connectivity index (χ3n) is 5.41. The Kier molecular flexibility index (Phi) is 5.14. The van der Waals surface area contributed by atoms with Gasteiger partial charge in [0.1, 0.15) is 0 Å². The summed E-state index contributed by atoms with van der Waals surface area (Å²) in [5, 5.41) is 0. The molecule has 0 radical (unpaired) electrons. The number of benzene rings is 1. The molecule has 1 aliphatic rings. The van der Waals surface area contributed by atoms with Crippen LogP contribution in [-0.4, -0.2) is 22.6 Å².